The third-order valence-electron chi connectivity index (χ3n) is 4.69. The van der Waals surface area contributed by atoms with Crippen molar-refractivity contribution in [3.8, 4) is 5.75 Å². The van der Waals surface area contributed by atoms with Gasteiger partial charge in [0.1, 0.15) is 17.1 Å². The van der Waals surface area contributed by atoms with Crippen LogP contribution in [0.3, 0.4) is 0 Å². The van der Waals surface area contributed by atoms with E-state index in [0.29, 0.717) is 66.0 Å². The fraction of sp³-hybridized carbons (Fsp3) is 0.450. The standard InChI is InChI=1S/C20H24ClN3O4/c1-13-18(14(2)28-23-13)20(26)24-9-4-3-8-22-19(25)16-12-15(21)6-7-17(16)27-11-5-10-24/h6-7,12H,3-5,8-11H2,1-2H3,(H,22,25). The molecule has 1 N–H and O–H groups in total. The lowest BCUT2D eigenvalue weighted by Gasteiger charge is -2.22. The molecule has 2 heterocycles. The van der Waals surface area contributed by atoms with Crippen LogP contribution in [0.1, 0.15) is 51.4 Å². The average molecular weight is 406 g/mol. The van der Waals surface area contributed by atoms with E-state index in [0.717, 1.165) is 12.8 Å². The van der Waals surface area contributed by atoms with Crippen LogP contribution in [0, 0.1) is 13.8 Å². The second kappa shape index (κ2) is 9.10. The molecule has 8 heteroatoms. The molecular formula is C20H24ClN3O4. The number of nitrogens with zero attached hydrogens (tertiary/aromatic N) is 2. The van der Waals surface area contributed by atoms with Crippen LogP contribution in [0.15, 0.2) is 22.7 Å². The first-order valence-corrected chi connectivity index (χ1v) is 9.78. The molecule has 3 rings (SSSR count). The minimum atomic E-state index is -0.208. The molecule has 1 aromatic heterocycles. The summed E-state index contributed by atoms with van der Waals surface area (Å²) in [5.41, 5.74) is 1.55. The molecule has 7 nitrogen and oxygen atoms in total. The molecule has 1 aliphatic heterocycles. The van der Waals surface area contributed by atoms with Gasteiger partial charge < -0.3 is 19.5 Å². The number of benzene rings is 1. The number of halogens is 1. The van der Waals surface area contributed by atoms with Crippen LogP contribution < -0.4 is 10.1 Å². The molecule has 1 aliphatic rings. The highest BCUT2D eigenvalue weighted by Gasteiger charge is 2.23. The maximum atomic E-state index is 13.0. The van der Waals surface area contributed by atoms with Crippen LogP contribution in [0.4, 0.5) is 0 Å². The van der Waals surface area contributed by atoms with Crippen molar-refractivity contribution in [3.63, 3.8) is 0 Å². The van der Waals surface area contributed by atoms with Gasteiger partial charge in [-0.1, -0.05) is 16.8 Å². The molecular weight excluding hydrogens is 382 g/mol. The number of ether oxygens (including phenoxy) is 1. The van der Waals surface area contributed by atoms with Crippen LogP contribution in [0.2, 0.25) is 5.02 Å². The summed E-state index contributed by atoms with van der Waals surface area (Å²) in [6.07, 6.45) is 2.17. The molecule has 0 unspecified atom stereocenters. The van der Waals surface area contributed by atoms with Gasteiger partial charge in [-0.15, -0.1) is 0 Å². The molecule has 0 saturated carbocycles. The molecule has 2 amide bonds. The number of carbonyl (C=O) groups excluding carboxylic acids is 2. The number of aromatic nitrogens is 1. The first-order chi connectivity index (χ1) is 13.5. The fourth-order valence-electron chi connectivity index (χ4n) is 3.23. The Morgan fingerprint density at radius 2 is 2.00 bits per heavy atom. The van der Waals surface area contributed by atoms with E-state index in [1.807, 2.05) is 0 Å². The number of amides is 2. The Morgan fingerprint density at radius 1 is 1.21 bits per heavy atom. The summed E-state index contributed by atoms with van der Waals surface area (Å²) in [4.78, 5) is 27.2. The van der Waals surface area contributed by atoms with Gasteiger partial charge in [0.25, 0.3) is 11.8 Å². The fourth-order valence-corrected chi connectivity index (χ4v) is 3.40. The van der Waals surface area contributed by atoms with Crippen molar-refractivity contribution in [1.82, 2.24) is 15.4 Å². The molecule has 0 aliphatic carbocycles. The summed E-state index contributed by atoms with van der Waals surface area (Å²) in [6, 6.07) is 5.00. The first-order valence-electron chi connectivity index (χ1n) is 9.40. The van der Waals surface area contributed by atoms with E-state index in [9.17, 15) is 9.59 Å². The van der Waals surface area contributed by atoms with Crippen molar-refractivity contribution in [2.24, 2.45) is 0 Å². The highest BCUT2D eigenvalue weighted by atomic mass is 35.5. The van der Waals surface area contributed by atoms with Crippen molar-refractivity contribution in [1.29, 1.82) is 0 Å². The number of aryl methyl sites for hydroxylation is 2. The van der Waals surface area contributed by atoms with Gasteiger partial charge in [-0.25, -0.2) is 0 Å². The number of carbonyl (C=O) groups is 2. The number of nitrogens with one attached hydrogen (secondary N) is 1. The second-order valence-electron chi connectivity index (χ2n) is 6.80. The molecule has 0 radical (unpaired) electrons. The monoisotopic (exact) mass is 405 g/mol. The van der Waals surface area contributed by atoms with Crippen LogP contribution in [0.5, 0.6) is 5.75 Å². The first kappa shape index (κ1) is 20.2. The lowest BCUT2D eigenvalue weighted by atomic mass is 10.1. The zero-order valence-corrected chi connectivity index (χ0v) is 16.8. The SMILES string of the molecule is Cc1noc(C)c1C(=O)N1CCCCNC(=O)c2cc(Cl)ccc2OCCC1. The highest BCUT2D eigenvalue weighted by molar-refractivity contribution is 6.31. The normalized spacial score (nSPS) is 16.1. The predicted molar refractivity (Wildman–Crippen MR) is 105 cm³/mol. The predicted octanol–water partition coefficient (Wildman–Crippen LogP) is 3.38. The van der Waals surface area contributed by atoms with E-state index in [-0.39, 0.29) is 11.8 Å². The average Bonchev–Trinajstić information content (AvgIpc) is 3.01. The van der Waals surface area contributed by atoms with Gasteiger partial charge >= 0.3 is 0 Å². The van der Waals surface area contributed by atoms with E-state index in [1.165, 1.54) is 0 Å². The molecule has 0 bridgehead atoms. The Morgan fingerprint density at radius 3 is 2.75 bits per heavy atom. The molecule has 2 aromatic rings. The Kier molecular flexibility index (Phi) is 6.57. The smallest absolute Gasteiger partial charge is 0.259 e. The molecule has 0 atom stereocenters. The second-order valence-corrected chi connectivity index (χ2v) is 7.23. The van der Waals surface area contributed by atoms with Gasteiger partial charge in [0.05, 0.1) is 17.9 Å². The third kappa shape index (κ3) is 4.65. The lowest BCUT2D eigenvalue weighted by Crippen LogP contribution is -2.34. The zero-order chi connectivity index (χ0) is 20.1. The summed E-state index contributed by atoms with van der Waals surface area (Å²) in [5, 5.41) is 7.25. The number of hydrogen-bond acceptors (Lipinski definition) is 5. The van der Waals surface area contributed by atoms with Gasteiger partial charge in [-0.05, 0) is 51.3 Å². The van der Waals surface area contributed by atoms with E-state index >= 15 is 0 Å². The van der Waals surface area contributed by atoms with E-state index in [2.05, 4.69) is 10.5 Å². The topological polar surface area (TPSA) is 84.7 Å². The lowest BCUT2D eigenvalue weighted by molar-refractivity contribution is 0.0741. The molecule has 1 aromatic carbocycles. The minimum Gasteiger partial charge on any atom is -0.493 e. The Bertz CT molecular complexity index is 846. The van der Waals surface area contributed by atoms with Gasteiger partial charge in [0, 0.05) is 24.7 Å². The molecule has 28 heavy (non-hydrogen) atoms. The summed E-state index contributed by atoms with van der Waals surface area (Å²) in [6.45, 7) is 5.55. The van der Waals surface area contributed by atoms with Crippen LogP contribution in [-0.4, -0.2) is 48.1 Å². The maximum absolute atomic E-state index is 13.0. The Labute approximate surface area is 169 Å². The summed E-state index contributed by atoms with van der Waals surface area (Å²) in [5.74, 6) is 0.729. The molecule has 0 fully saturated rings. The van der Waals surface area contributed by atoms with Crippen molar-refractivity contribution in [2.75, 3.05) is 26.2 Å². The molecule has 0 spiro atoms. The minimum absolute atomic E-state index is 0.0812. The number of rotatable bonds is 1. The van der Waals surface area contributed by atoms with E-state index < -0.39 is 0 Å². The zero-order valence-electron chi connectivity index (χ0n) is 16.1. The van der Waals surface area contributed by atoms with E-state index in [1.54, 1.807) is 36.9 Å². The van der Waals surface area contributed by atoms with Crippen LogP contribution >= 0.6 is 11.6 Å². The largest absolute Gasteiger partial charge is 0.493 e. The summed E-state index contributed by atoms with van der Waals surface area (Å²) in [7, 11) is 0. The van der Waals surface area contributed by atoms with Gasteiger partial charge in [0.15, 0.2) is 0 Å². The molecule has 0 saturated heterocycles. The quantitative estimate of drug-likeness (QED) is 0.786. The van der Waals surface area contributed by atoms with Gasteiger partial charge in [0.2, 0.25) is 0 Å². The highest BCUT2D eigenvalue weighted by Crippen LogP contribution is 2.23. The number of hydrogen-bond donors (Lipinski definition) is 1. The van der Waals surface area contributed by atoms with E-state index in [4.69, 9.17) is 20.9 Å². The van der Waals surface area contributed by atoms with Crippen molar-refractivity contribution >= 4 is 23.4 Å². The Balaban J connectivity index is 1.74. The third-order valence-corrected chi connectivity index (χ3v) is 4.93. The summed E-state index contributed by atoms with van der Waals surface area (Å²) >= 11 is 6.03. The van der Waals surface area contributed by atoms with Crippen LogP contribution in [-0.2, 0) is 0 Å². The van der Waals surface area contributed by atoms with Crippen LogP contribution in [0.25, 0.3) is 0 Å². The van der Waals surface area contributed by atoms with Gasteiger partial charge in [-0.2, -0.15) is 0 Å². The van der Waals surface area contributed by atoms with Crippen molar-refractivity contribution in [3.05, 3.63) is 45.8 Å². The summed E-state index contributed by atoms with van der Waals surface area (Å²) < 4.78 is 10.9. The maximum Gasteiger partial charge on any atom is 0.259 e. The Hall–Kier alpha value is -2.54. The molecule has 150 valence electrons. The number of fused-ring (bicyclic) bond motifs is 1. The van der Waals surface area contributed by atoms with Crippen molar-refractivity contribution in [2.45, 2.75) is 33.1 Å². The van der Waals surface area contributed by atoms with Gasteiger partial charge in [-0.3, -0.25) is 9.59 Å². The van der Waals surface area contributed by atoms with Crippen molar-refractivity contribution < 1.29 is 18.8 Å².